The van der Waals surface area contributed by atoms with Gasteiger partial charge in [-0.05, 0) is 45.7 Å². The van der Waals surface area contributed by atoms with Gasteiger partial charge in [-0.25, -0.2) is 18.4 Å². The smallest absolute Gasteiger partial charge is 0.411 e. The number of ether oxygens (including phenoxy) is 2. The van der Waals surface area contributed by atoms with E-state index in [1.54, 1.807) is 20.8 Å². The molecule has 9 heteroatoms. The van der Waals surface area contributed by atoms with Crippen LogP contribution in [0.25, 0.3) is 0 Å². The normalized spacial score (nSPS) is 16.8. The second kappa shape index (κ2) is 8.32. The summed E-state index contributed by atoms with van der Waals surface area (Å²) >= 11 is 0. The van der Waals surface area contributed by atoms with Gasteiger partial charge in [-0.1, -0.05) is 0 Å². The van der Waals surface area contributed by atoms with E-state index in [-0.39, 0.29) is 5.69 Å². The summed E-state index contributed by atoms with van der Waals surface area (Å²) in [5.41, 5.74) is -0.662. The highest BCUT2D eigenvalue weighted by Crippen LogP contribution is 2.22. The fourth-order valence-corrected chi connectivity index (χ4v) is 2.55. The van der Waals surface area contributed by atoms with E-state index in [1.807, 2.05) is 0 Å². The number of rotatable bonds is 4. The van der Waals surface area contributed by atoms with Gasteiger partial charge in [0.2, 0.25) is 0 Å². The van der Waals surface area contributed by atoms with Crippen LogP contribution in [0.15, 0.2) is 18.2 Å². The van der Waals surface area contributed by atoms with E-state index in [9.17, 15) is 23.2 Å². The Morgan fingerprint density at radius 3 is 2.56 bits per heavy atom. The Bertz CT molecular complexity index is 733. The first-order valence-electron chi connectivity index (χ1n) is 8.48. The molecular weight excluding hydrogens is 362 g/mol. The SMILES string of the molecule is CC(C)(C)OC(=O)N1CCC[C@H]1C(=O)OCC(=O)Nc1ccc(F)c(F)c1. The van der Waals surface area contributed by atoms with Crippen LogP contribution in [0, 0.1) is 11.6 Å². The molecule has 27 heavy (non-hydrogen) atoms. The van der Waals surface area contributed by atoms with E-state index in [0.717, 1.165) is 12.1 Å². The zero-order valence-electron chi connectivity index (χ0n) is 15.4. The van der Waals surface area contributed by atoms with Crippen molar-refractivity contribution in [1.82, 2.24) is 4.90 Å². The number of amides is 2. The molecule has 0 aromatic heterocycles. The minimum Gasteiger partial charge on any atom is -0.454 e. The Labute approximate surface area is 155 Å². The number of anilines is 1. The molecule has 2 rings (SSSR count). The number of hydrogen-bond acceptors (Lipinski definition) is 5. The maximum absolute atomic E-state index is 13.1. The molecule has 7 nitrogen and oxygen atoms in total. The van der Waals surface area contributed by atoms with E-state index < -0.39 is 47.9 Å². The second-order valence-corrected chi connectivity index (χ2v) is 7.12. The summed E-state index contributed by atoms with van der Waals surface area (Å²) < 4.78 is 36.2. The number of benzene rings is 1. The standard InChI is InChI=1S/C18H22F2N2O5/c1-18(2,3)27-17(25)22-8-4-5-14(22)16(24)26-10-15(23)21-11-6-7-12(19)13(20)9-11/h6-7,9,14H,4-5,8,10H2,1-3H3,(H,21,23)/t14-/m0/s1. The van der Waals surface area contributed by atoms with Crippen LogP contribution >= 0.6 is 0 Å². The third-order valence-corrected chi connectivity index (χ3v) is 3.70. The van der Waals surface area contributed by atoms with E-state index in [1.165, 1.54) is 11.0 Å². The minimum atomic E-state index is -1.11. The number of carbonyl (C=O) groups is 3. The number of halogens is 2. The highest BCUT2D eigenvalue weighted by molar-refractivity contribution is 5.93. The predicted octanol–water partition coefficient (Wildman–Crippen LogP) is 2.85. The maximum Gasteiger partial charge on any atom is 0.411 e. The lowest BCUT2D eigenvalue weighted by Gasteiger charge is -2.27. The number of carbonyl (C=O) groups excluding carboxylic acids is 3. The maximum atomic E-state index is 13.1. The fraction of sp³-hybridized carbons (Fsp3) is 0.500. The van der Waals surface area contributed by atoms with Crippen molar-refractivity contribution in [2.45, 2.75) is 45.3 Å². The van der Waals surface area contributed by atoms with Gasteiger partial charge in [0.25, 0.3) is 5.91 Å². The van der Waals surface area contributed by atoms with Gasteiger partial charge in [-0.15, -0.1) is 0 Å². The molecule has 1 aliphatic rings. The minimum absolute atomic E-state index is 0.0335. The Morgan fingerprint density at radius 1 is 1.22 bits per heavy atom. The summed E-state index contributed by atoms with van der Waals surface area (Å²) in [4.78, 5) is 37.5. The number of esters is 1. The Hall–Kier alpha value is -2.71. The van der Waals surface area contributed by atoms with E-state index in [0.29, 0.717) is 19.4 Å². The lowest BCUT2D eigenvalue weighted by molar-refractivity contribution is -0.151. The zero-order chi connectivity index (χ0) is 20.2. The summed E-state index contributed by atoms with van der Waals surface area (Å²) in [5, 5.41) is 2.29. The number of likely N-dealkylation sites (tertiary alicyclic amines) is 1. The van der Waals surface area contributed by atoms with Gasteiger partial charge in [0.15, 0.2) is 18.2 Å². The lowest BCUT2D eigenvalue weighted by Crippen LogP contribution is -2.44. The molecule has 1 heterocycles. The van der Waals surface area contributed by atoms with Crippen LogP contribution in [0.3, 0.4) is 0 Å². The van der Waals surface area contributed by atoms with Gasteiger partial charge in [-0.2, -0.15) is 0 Å². The van der Waals surface area contributed by atoms with Crippen molar-refractivity contribution in [3.05, 3.63) is 29.8 Å². The fourth-order valence-electron chi connectivity index (χ4n) is 2.55. The molecule has 1 aromatic carbocycles. The molecule has 0 aliphatic carbocycles. The van der Waals surface area contributed by atoms with Gasteiger partial charge in [0.05, 0.1) is 0 Å². The molecular formula is C18H22F2N2O5. The molecule has 1 atom stereocenters. The largest absolute Gasteiger partial charge is 0.454 e. The Balaban J connectivity index is 1.87. The van der Waals surface area contributed by atoms with Crippen molar-refractivity contribution in [2.75, 3.05) is 18.5 Å². The van der Waals surface area contributed by atoms with Crippen LogP contribution in [0.5, 0.6) is 0 Å². The Kier molecular flexibility index (Phi) is 6.35. The lowest BCUT2D eigenvalue weighted by atomic mass is 10.2. The number of hydrogen-bond donors (Lipinski definition) is 1. The van der Waals surface area contributed by atoms with Crippen LogP contribution in [0.4, 0.5) is 19.3 Å². The van der Waals surface area contributed by atoms with Gasteiger partial charge < -0.3 is 14.8 Å². The summed E-state index contributed by atoms with van der Waals surface area (Å²) in [6.45, 7) is 4.90. The number of nitrogens with one attached hydrogen (secondary N) is 1. The molecule has 0 spiro atoms. The first kappa shape index (κ1) is 20.6. The molecule has 0 unspecified atom stereocenters. The molecule has 1 N–H and O–H groups in total. The molecule has 2 amide bonds. The predicted molar refractivity (Wildman–Crippen MR) is 91.9 cm³/mol. The van der Waals surface area contributed by atoms with Crippen molar-refractivity contribution in [1.29, 1.82) is 0 Å². The third kappa shape index (κ3) is 5.90. The monoisotopic (exact) mass is 384 g/mol. The van der Waals surface area contributed by atoms with E-state index >= 15 is 0 Å². The number of nitrogens with zero attached hydrogens (tertiary/aromatic N) is 1. The summed E-state index contributed by atoms with van der Waals surface area (Å²) in [6, 6.07) is 2.04. The molecule has 0 bridgehead atoms. The molecule has 0 saturated carbocycles. The van der Waals surface area contributed by atoms with Crippen molar-refractivity contribution < 1.29 is 32.6 Å². The molecule has 1 aliphatic heterocycles. The van der Waals surface area contributed by atoms with E-state index in [4.69, 9.17) is 9.47 Å². The molecule has 1 aromatic rings. The first-order valence-corrected chi connectivity index (χ1v) is 8.48. The summed E-state index contributed by atoms with van der Waals surface area (Å²) in [5.74, 6) is -3.58. The molecule has 148 valence electrons. The quantitative estimate of drug-likeness (QED) is 0.807. The van der Waals surface area contributed by atoms with Crippen molar-refractivity contribution in [3.63, 3.8) is 0 Å². The topological polar surface area (TPSA) is 84.9 Å². The molecule has 1 fully saturated rings. The van der Waals surface area contributed by atoms with Crippen LogP contribution in [0.2, 0.25) is 0 Å². The zero-order valence-corrected chi connectivity index (χ0v) is 15.4. The van der Waals surface area contributed by atoms with Crippen molar-refractivity contribution in [2.24, 2.45) is 0 Å². The van der Waals surface area contributed by atoms with Gasteiger partial charge in [-0.3, -0.25) is 9.69 Å². The van der Waals surface area contributed by atoms with Crippen molar-refractivity contribution in [3.8, 4) is 0 Å². The van der Waals surface area contributed by atoms with Crippen LogP contribution in [-0.4, -0.2) is 47.7 Å². The first-order chi connectivity index (χ1) is 12.6. The van der Waals surface area contributed by atoms with Crippen LogP contribution in [0.1, 0.15) is 33.6 Å². The summed E-state index contributed by atoms with van der Waals surface area (Å²) in [6.07, 6.45) is 0.399. The summed E-state index contributed by atoms with van der Waals surface area (Å²) in [7, 11) is 0. The van der Waals surface area contributed by atoms with E-state index in [2.05, 4.69) is 5.32 Å². The molecule has 1 saturated heterocycles. The van der Waals surface area contributed by atoms with Crippen molar-refractivity contribution >= 4 is 23.7 Å². The Morgan fingerprint density at radius 2 is 1.93 bits per heavy atom. The highest BCUT2D eigenvalue weighted by Gasteiger charge is 2.37. The van der Waals surface area contributed by atoms with Gasteiger partial charge in [0, 0.05) is 18.3 Å². The average molecular weight is 384 g/mol. The third-order valence-electron chi connectivity index (χ3n) is 3.70. The molecule has 0 radical (unpaired) electrons. The average Bonchev–Trinajstić information content (AvgIpc) is 3.04. The van der Waals surface area contributed by atoms with Crippen LogP contribution in [-0.2, 0) is 19.1 Å². The van der Waals surface area contributed by atoms with Gasteiger partial charge in [0.1, 0.15) is 11.6 Å². The van der Waals surface area contributed by atoms with Crippen LogP contribution < -0.4 is 5.32 Å². The second-order valence-electron chi connectivity index (χ2n) is 7.12. The van der Waals surface area contributed by atoms with Gasteiger partial charge >= 0.3 is 12.1 Å². The highest BCUT2D eigenvalue weighted by atomic mass is 19.2.